The van der Waals surface area contributed by atoms with Crippen LogP contribution in [0.4, 0.5) is 0 Å². The summed E-state index contributed by atoms with van der Waals surface area (Å²) in [6, 6.07) is 15.9. The van der Waals surface area contributed by atoms with Crippen molar-refractivity contribution >= 4 is 28.7 Å². The molecule has 28 heavy (non-hydrogen) atoms. The second-order valence-corrected chi connectivity index (χ2v) is 8.06. The number of hydrogen-bond donors (Lipinski definition) is 1. The molecule has 146 valence electrons. The van der Waals surface area contributed by atoms with Gasteiger partial charge in [-0.1, -0.05) is 24.3 Å². The Morgan fingerprint density at radius 2 is 2.07 bits per heavy atom. The summed E-state index contributed by atoms with van der Waals surface area (Å²) >= 11 is 1.71. The maximum atomic E-state index is 12.8. The Hall–Kier alpha value is -2.31. The number of benzene rings is 2. The van der Waals surface area contributed by atoms with E-state index in [0.29, 0.717) is 19.2 Å². The van der Waals surface area contributed by atoms with E-state index in [1.807, 2.05) is 49.4 Å². The number of nitrogens with one attached hydrogen (secondary N) is 1. The van der Waals surface area contributed by atoms with E-state index in [0.717, 1.165) is 52.5 Å². The van der Waals surface area contributed by atoms with Gasteiger partial charge in [0, 0.05) is 30.3 Å². The van der Waals surface area contributed by atoms with Crippen LogP contribution in [0.15, 0.2) is 53.4 Å². The zero-order chi connectivity index (χ0) is 19.3. The van der Waals surface area contributed by atoms with E-state index in [9.17, 15) is 4.79 Å². The minimum absolute atomic E-state index is 0.0301. The van der Waals surface area contributed by atoms with Crippen molar-refractivity contribution in [2.24, 2.45) is 0 Å². The molecule has 1 unspecified atom stereocenters. The monoisotopic (exact) mass is 395 g/mol. The lowest BCUT2D eigenvalue weighted by molar-refractivity contribution is 0.0949. The number of hydrogen-bond acceptors (Lipinski definition) is 4. The first-order valence-electron chi connectivity index (χ1n) is 9.76. The number of ether oxygens (including phenoxy) is 1. The number of aromatic nitrogens is 2. The number of carbonyl (C=O) groups excluding carboxylic acids is 1. The van der Waals surface area contributed by atoms with E-state index < -0.39 is 0 Å². The topological polar surface area (TPSA) is 56.2 Å². The SMILES string of the molecule is Cc1nc2ccccc2n1CCNC(=O)c1ccccc1SCC1CCCO1. The van der Waals surface area contributed by atoms with Gasteiger partial charge in [-0.3, -0.25) is 4.79 Å². The maximum Gasteiger partial charge on any atom is 0.252 e. The van der Waals surface area contributed by atoms with Gasteiger partial charge in [-0.05, 0) is 44.0 Å². The smallest absolute Gasteiger partial charge is 0.252 e. The fourth-order valence-electron chi connectivity index (χ4n) is 3.59. The molecule has 0 radical (unpaired) electrons. The molecule has 3 aromatic rings. The van der Waals surface area contributed by atoms with Gasteiger partial charge >= 0.3 is 0 Å². The molecule has 1 aromatic heterocycles. The average Bonchev–Trinajstić information content (AvgIpc) is 3.34. The summed E-state index contributed by atoms with van der Waals surface area (Å²) in [5.74, 6) is 1.82. The molecular formula is C22H25N3O2S. The number of aryl methyl sites for hydroxylation is 1. The van der Waals surface area contributed by atoms with E-state index in [4.69, 9.17) is 4.74 Å². The number of carbonyl (C=O) groups is 1. The van der Waals surface area contributed by atoms with Crippen molar-refractivity contribution in [3.63, 3.8) is 0 Å². The highest BCUT2D eigenvalue weighted by atomic mass is 32.2. The molecule has 2 heterocycles. The van der Waals surface area contributed by atoms with Crippen LogP contribution in [0.5, 0.6) is 0 Å². The van der Waals surface area contributed by atoms with E-state index >= 15 is 0 Å². The summed E-state index contributed by atoms with van der Waals surface area (Å²) in [4.78, 5) is 18.4. The fraction of sp³-hybridized carbons (Fsp3) is 0.364. The molecule has 2 aromatic carbocycles. The molecule has 1 saturated heterocycles. The van der Waals surface area contributed by atoms with Gasteiger partial charge in [-0.2, -0.15) is 0 Å². The number of nitrogens with zero attached hydrogens (tertiary/aromatic N) is 2. The number of thioether (sulfide) groups is 1. The van der Waals surface area contributed by atoms with E-state index in [2.05, 4.69) is 20.9 Å². The molecule has 5 nitrogen and oxygen atoms in total. The van der Waals surface area contributed by atoms with Gasteiger partial charge < -0.3 is 14.6 Å². The first kappa shape index (κ1) is 19.0. The van der Waals surface area contributed by atoms with Gasteiger partial charge in [-0.15, -0.1) is 11.8 Å². The van der Waals surface area contributed by atoms with Crippen molar-refractivity contribution in [1.29, 1.82) is 0 Å². The van der Waals surface area contributed by atoms with Crippen molar-refractivity contribution in [2.75, 3.05) is 18.9 Å². The predicted molar refractivity (Wildman–Crippen MR) is 113 cm³/mol. The standard InChI is InChI=1S/C22H25N3O2S/c1-16-24-19-9-3-4-10-20(19)25(16)13-12-23-22(26)18-8-2-5-11-21(18)28-15-17-7-6-14-27-17/h2-5,8-11,17H,6-7,12-15H2,1H3,(H,23,26). The molecule has 0 saturated carbocycles. The molecule has 4 rings (SSSR count). The highest BCUT2D eigenvalue weighted by molar-refractivity contribution is 7.99. The molecule has 0 aliphatic carbocycles. The Morgan fingerprint density at radius 1 is 1.25 bits per heavy atom. The van der Waals surface area contributed by atoms with Crippen LogP contribution in [0.2, 0.25) is 0 Å². The zero-order valence-electron chi connectivity index (χ0n) is 16.1. The molecule has 1 atom stereocenters. The number of fused-ring (bicyclic) bond motifs is 1. The van der Waals surface area contributed by atoms with E-state index in [1.165, 1.54) is 0 Å². The minimum Gasteiger partial charge on any atom is -0.377 e. The largest absolute Gasteiger partial charge is 0.377 e. The summed E-state index contributed by atoms with van der Waals surface area (Å²) in [6.07, 6.45) is 2.55. The van der Waals surface area contributed by atoms with Crippen LogP contribution in [0.1, 0.15) is 29.0 Å². The van der Waals surface area contributed by atoms with Gasteiger partial charge in [0.1, 0.15) is 5.82 Å². The number of amides is 1. The lowest BCUT2D eigenvalue weighted by atomic mass is 10.2. The Morgan fingerprint density at radius 3 is 2.93 bits per heavy atom. The van der Waals surface area contributed by atoms with Gasteiger partial charge in [0.05, 0.1) is 22.7 Å². The molecule has 1 aliphatic heterocycles. The summed E-state index contributed by atoms with van der Waals surface area (Å²) in [7, 11) is 0. The van der Waals surface area contributed by atoms with Crippen LogP contribution < -0.4 is 5.32 Å². The molecule has 0 bridgehead atoms. The second-order valence-electron chi connectivity index (χ2n) is 7.00. The molecule has 1 aliphatic rings. The van der Waals surface area contributed by atoms with Gasteiger partial charge in [0.15, 0.2) is 0 Å². The third-order valence-electron chi connectivity index (χ3n) is 5.05. The highest BCUT2D eigenvalue weighted by Crippen LogP contribution is 2.26. The quantitative estimate of drug-likeness (QED) is 0.613. The van der Waals surface area contributed by atoms with Crippen LogP contribution in [-0.4, -0.2) is 40.5 Å². The Bertz CT molecular complexity index is 963. The van der Waals surface area contributed by atoms with Gasteiger partial charge in [0.25, 0.3) is 5.91 Å². The highest BCUT2D eigenvalue weighted by Gasteiger charge is 2.18. The number of imidazole rings is 1. The van der Waals surface area contributed by atoms with Crippen molar-refractivity contribution in [2.45, 2.75) is 37.3 Å². The molecule has 1 amide bonds. The predicted octanol–water partition coefficient (Wildman–Crippen LogP) is 4.05. The maximum absolute atomic E-state index is 12.8. The Kier molecular flexibility index (Phi) is 5.98. The number of rotatable bonds is 7. The van der Waals surface area contributed by atoms with Crippen LogP contribution in [0.3, 0.4) is 0 Å². The third-order valence-corrected chi connectivity index (χ3v) is 6.25. The van der Waals surface area contributed by atoms with Crippen LogP contribution >= 0.6 is 11.8 Å². The first-order valence-corrected chi connectivity index (χ1v) is 10.7. The van der Waals surface area contributed by atoms with Gasteiger partial charge in [-0.25, -0.2) is 4.98 Å². The average molecular weight is 396 g/mol. The van der Waals surface area contributed by atoms with Crippen molar-refractivity contribution in [1.82, 2.24) is 14.9 Å². The minimum atomic E-state index is -0.0301. The summed E-state index contributed by atoms with van der Waals surface area (Å²) in [5.41, 5.74) is 2.82. The van der Waals surface area contributed by atoms with Gasteiger partial charge in [0.2, 0.25) is 0 Å². The molecule has 1 fully saturated rings. The second kappa shape index (κ2) is 8.80. The van der Waals surface area contributed by atoms with Crippen molar-refractivity contribution in [3.05, 3.63) is 59.9 Å². The lowest BCUT2D eigenvalue weighted by Crippen LogP contribution is -2.28. The van der Waals surface area contributed by atoms with Crippen molar-refractivity contribution in [3.8, 4) is 0 Å². The molecule has 6 heteroatoms. The molecular weight excluding hydrogens is 370 g/mol. The van der Waals surface area contributed by atoms with Crippen molar-refractivity contribution < 1.29 is 9.53 Å². The van der Waals surface area contributed by atoms with Crippen LogP contribution in [0.25, 0.3) is 11.0 Å². The molecule has 1 N–H and O–H groups in total. The van der Waals surface area contributed by atoms with E-state index in [-0.39, 0.29) is 5.91 Å². The Labute approximate surface area is 169 Å². The van der Waals surface area contributed by atoms with Crippen LogP contribution in [0, 0.1) is 6.92 Å². The number of para-hydroxylation sites is 2. The normalized spacial score (nSPS) is 16.5. The van der Waals surface area contributed by atoms with E-state index in [1.54, 1.807) is 11.8 Å². The first-order chi connectivity index (χ1) is 13.7. The fourth-order valence-corrected chi connectivity index (χ4v) is 4.71. The molecule has 0 spiro atoms. The summed E-state index contributed by atoms with van der Waals surface area (Å²) in [5, 5.41) is 3.07. The summed E-state index contributed by atoms with van der Waals surface area (Å²) < 4.78 is 7.84. The van der Waals surface area contributed by atoms with Crippen LogP contribution in [-0.2, 0) is 11.3 Å². The Balaban J connectivity index is 1.38. The summed E-state index contributed by atoms with van der Waals surface area (Å²) in [6.45, 7) is 4.11. The third kappa shape index (κ3) is 4.23. The zero-order valence-corrected chi connectivity index (χ0v) is 16.9. The lowest BCUT2D eigenvalue weighted by Gasteiger charge is -2.13.